The predicted molar refractivity (Wildman–Crippen MR) is 139 cm³/mol. The van der Waals surface area contributed by atoms with Crippen LogP contribution in [0.4, 0.5) is 13.2 Å². The van der Waals surface area contributed by atoms with Crippen LogP contribution in [0.15, 0.2) is 90.1 Å². The number of phenols is 1. The Labute approximate surface area is 210 Å². The second kappa shape index (κ2) is 11.0. The number of aromatic hydroxyl groups is 1. The Hall–Kier alpha value is -3.51. The van der Waals surface area contributed by atoms with Crippen LogP contribution < -0.4 is 4.74 Å². The molecule has 3 nitrogen and oxygen atoms in total. The van der Waals surface area contributed by atoms with E-state index < -0.39 is 17.8 Å². The predicted octanol–water partition coefficient (Wildman–Crippen LogP) is 7.50. The largest absolute Gasteiger partial charge is 0.508 e. The van der Waals surface area contributed by atoms with Crippen molar-refractivity contribution in [1.29, 1.82) is 0 Å². The van der Waals surface area contributed by atoms with Gasteiger partial charge in [-0.1, -0.05) is 43.0 Å². The topological polar surface area (TPSA) is 32.7 Å². The Morgan fingerprint density at radius 2 is 1.86 bits per heavy atom. The SMILES string of the molecule is C=C(/C=C(F)\C=C(/C)F)C1=C(C)c2ccc(O)cc2O[C@H]1c1ccc(/C=C/CN2CC(CF)C2)cc1. The van der Waals surface area contributed by atoms with Crippen molar-refractivity contribution in [3.63, 3.8) is 0 Å². The highest BCUT2D eigenvalue weighted by atomic mass is 19.1. The number of likely N-dealkylation sites (tertiary alicyclic amines) is 1. The number of ether oxygens (including phenoxy) is 1. The monoisotopic (exact) mass is 493 g/mol. The number of fused-ring (bicyclic) bond motifs is 1. The highest BCUT2D eigenvalue weighted by Gasteiger charge is 2.30. The van der Waals surface area contributed by atoms with Crippen LogP contribution in [0.3, 0.4) is 0 Å². The Morgan fingerprint density at radius 1 is 1.14 bits per heavy atom. The Kier molecular flexibility index (Phi) is 7.85. The van der Waals surface area contributed by atoms with Crippen LogP contribution in [0.2, 0.25) is 0 Å². The van der Waals surface area contributed by atoms with Gasteiger partial charge in [0.25, 0.3) is 0 Å². The van der Waals surface area contributed by atoms with Crippen molar-refractivity contribution in [1.82, 2.24) is 4.90 Å². The molecule has 2 aliphatic rings. The molecular formula is C30H30F3NO2. The lowest BCUT2D eigenvalue weighted by Crippen LogP contribution is -2.47. The highest BCUT2D eigenvalue weighted by Crippen LogP contribution is 2.46. The van der Waals surface area contributed by atoms with Gasteiger partial charge in [-0.3, -0.25) is 9.29 Å². The second-order valence-electron chi connectivity index (χ2n) is 9.31. The number of allylic oxidation sites excluding steroid dienone is 5. The minimum atomic E-state index is -0.740. The highest BCUT2D eigenvalue weighted by molar-refractivity contribution is 5.79. The summed E-state index contributed by atoms with van der Waals surface area (Å²) in [5.74, 6) is -0.614. The van der Waals surface area contributed by atoms with E-state index in [-0.39, 0.29) is 18.3 Å². The molecule has 0 amide bonds. The van der Waals surface area contributed by atoms with Gasteiger partial charge in [-0.25, -0.2) is 8.78 Å². The summed E-state index contributed by atoms with van der Waals surface area (Å²) in [6.07, 6.45) is 5.49. The molecule has 0 unspecified atom stereocenters. The molecule has 1 N–H and O–H groups in total. The molecule has 1 saturated heterocycles. The molecule has 1 atom stereocenters. The molecule has 0 saturated carbocycles. The molecule has 0 radical (unpaired) electrons. The summed E-state index contributed by atoms with van der Waals surface area (Å²) < 4.78 is 46.4. The zero-order chi connectivity index (χ0) is 25.8. The van der Waals surface area contributed by atoms with Crippen LogP contribution in [-0.4, -0.2) is 36.3 Å². The van der Waals surface area contributed by atoms with Crippen molar-refractivity contribution < 1.29 is 23.0 Å². The van der Waals surface area contributed by atoms with Gasteiger partial charge in [0.1, 0.15) is 23.4 Å². The maximum absolute atomic E-state index is 14.3. The number of hydrogen-bond acceptors (Lipinski definition) is 3. The van der Waals surface area contributed by atoms with Crippen molar-refractivity contribution in [3.8, 4) is 11.5 Å². The standard InChI is InChI=1S/C30H30F3NO2/c1-19(13-25(33)14-20(2)32)29-21(3)27-11-10-26(35)15-28(27)36-30(29)24-8-6-22(7-9-24)5-4-12-34-17-23(16-31)18-34/h4-11,13-15,23,30,35H,1,12,16-18H2,2-3H3/b5-4+,20-14+,25-13+/t30-/m0/s1. The van der Waals surface area contributed by atoms with Crippen molar-refractivity contribution >= 4 is 11.6 Å². The fourth-order valence-electron chi connectivity index (χ4n) is 4.61. The average molecular weight is 494 g/mol. The van der Waals surface area contributed by atoms with Crippen LogP contribution in [0, 0.1) is 5.92 Å². The van der Waals surface area contributed by atoms with Crippen LogP contribution in [0.5, 0.6) is 11.5 Å². The van der Waals surface area contributed by atoms with Gasteiger partial charge in [0, 0.05) is 48.8 Å². The van der Waals surface area contributed by atoms with E-state index in [1.807, 2.05) is 37.3 Å². The summed E-state index contributed by atoms with van der Waals surface area (Å²) in [6, 6.07) is 12.7. The zero-order valence-electron chi connectivity index (χ0n) is 20.5. The third kappa shape index (κ3) is 5.82. The quantitative estimate of drug-likeness (QED) is 0.387. The molecule has 2 aromatic rings. The Balaban J connectivity index is 1.60. The number of phenolic OH excluding ortho intramolecular Hbond substituents is 1. The fraction of sp³-hybridized carbons (Fsp3) is 0.267. The molecule has 1 fully saturated rings. The van der Waals surface area contributed by atoms with Crippen molar-refractivity contribution in [2.45, 2.75) is 20.0 Å². The first-order valence-corrected chi connectivity index (χ1v) is 11.9. The third-order valence-electron chi connectivity index (χ3n) is 6.44. The molecule has 0 spiro atoms. The first-order valence-electron chi connectivity index (χ1n) is 11.9. The van der Waals surface area contributed by atoms with Crippen molar-refractivity contribution in [2.75, 3.05) is 26.3 Å². The zero-order valence-corrected chi connectivity index (χ0v) is 20.5. The molecule has 36 heavy (non-hydrogen) atoms. The van der Waals surface area contributed by atoms with Gasteiger partial charge in [0.2, 0.25) is 0 Å². The lowest BCUT2D eigenvalue weighted by molar-refractivity contribution is 0.0940. The molecular weight excluding hydrogens is 463 g/mol. The van der Waals surface area contributed by atoms with Gasteiger partial charge < -0.3 is 9.84 Å². The van der Waals surface area contributed by atoms with Crippen molar-refractivity contribution in [3.05, 3.63) is 107 Å². The first kappa shape index (κ1) is 25.6. The number of nitrogens with zero attached hydrogens (tertiary/aromatic N) is 1. The summed E-state index contributed by atoms with van der Waals surface area (Å²) in [7, 11) is 0. The maximum Gasteiger partial charge on any atom is 0.150 e. The van der Waals surface area contributed by atoms with Crippen LogP contribution in [0.1, 0.15) is 36.6 Å². The number of rotatable bonds is 8. The number of alkyl halides is 1. The Morgan fingerprint density at radius 3 is 2.53 bits per heavy atom. The van der Waals surface area contributed by atoms with E-state index in [1.54, 1.807) is 18.2 Å². The average Bonchev–Trinajstić information content (AvgIpc) is 2.79. The second-order valence-corrected chi connectivity index (χ2v) is 9.31. The minimum Gasteiger partial charge on any atom is -0.508 e. The van der Waals surface area contributed by atoms with Gasteiger partial charge in [-0.05, 0) is 54.3 Å². The molecule has 4 rings (SSSR count). The lowest BCUT2D eigenvalue weighted by atomic mass is 9.86. The fourth-order valence-corrected chi connectivity index (χ4v) is 4.61. The normalized spacial score (nSPS) is 19.3. The molecule has 6 heteroatoms. The van der Waals surface area contributed by atoms with E-state index in [0.29, 0.717) is 16.9 Å². The molecule has 0 bridgehead atoms. The van der Waals surface area contributed by atoms with E-state index in [2.05, 4.69) is 17.6 Å². The first-order chi connectivity index (χ1) is 17.2. The molecule has 2 aromatic carbocycles. The third-order valence-corrected chi connectivity index (χ3v) is 6.44. The summed E-state index contributed by atoms with van der Waals surface area (Å²) in [5, 5.41) is 9.97. The van der Waals surface area contributed by atoms with Crippen molar-refractivity contribution in [2.24, 2.45) is 5.92 Å². The lowest BCUT2D eigenvalue weighted by Gasteiger charge is -2.36. The van der Waals surface area contributed by atoms with Crippen LogP contribution in [-0.2, 0) is 0 Å². The van der Waals surface area contributed by atoms with Gasteiger partial charge in [-0.2, -0.15) is 0 Å². The summed E-state index contributed by atoms with van der Waals surface area (Å²) in [4.78, 5) is 2.19. The smallest absolute Gasteiger partial charge is 0.150 e. The minimum absolute atomic E-state index is 0.0811. The Bertz CT molecular complexity index is 1250. The molecule has 188 valence electrons. The number of hydrogen-bond donors (Lipinski definition) is 1. The van der Waals surface area contributed by atoms with E-state index in [1.165, 1.54) is 13.0 Å². The number of benzene rings is 2. The van der Waals surface area contributed by atoms with Gasteiger partial charge in [-0.15, -0.1) is 0 Å². The van der Waals surface area contributed by atoms with E-state index >= 15 is 0 Å². The maximum atomic E-state index is 14.3. The van der Waals surface area contributed by atoms with Gasteiger partial charge in [0.15, 0.2) is 0 Å². The van der Waals surface area contributed by atoms with E-state index in [0.717, 1.165) is 48.0 Å². The summed E-state index contributed by atoms with van der Waals surface area (Å²) in [5.41, 5.74) is 4.49. The van der Waals surface area contributed by atoms with Gasteiger partial charge in [0.05, 0.1) is 12.5 Å². The number of halogens is 3. The summed E-state index contributed by atoms with van der Waals surface area (Å²) in [6.45, 7) is 9.23. The molecule has 0 aliphatic carbocycles. The van der Waals surface area contributed by atoms with Gasteiger partial charge >= 0.3 is 0 Å². The molecule has 2 aliphatic heterocycles. The van der Waals surface area contributed by atoms with Crippen LogP contribution >= 0.6 is 0 Å². The molecule has 0 aromatic heterocycles. The van der Waals surface area contributed by atoms with E-state index in [9.17, 15) is 18.3 Å². The summed E-state index contributed by atoms with van der Waals surface area (Å²) >= 11 is 0. The molecule has 2 heterocycles. The van der Waals surface area contributed by atoms with Crippen LogP contribution in [0.25, 0.3) is 11.6 Å². The van der Waals surface area contributed by atoms with E-state index in [4.69, 9.17) is 4.74 Å².